The van der Waals surface area contributed by atoms with E-state index in [1.807, 2.05) is 6.92 Å². The fourth-order valence-corrected chi connectivity index (χ4v) is 1.66. The van der Waals surface area contributed by atoms with Crippen LogP contribution in [0.1, 0.15) is 37.6 Å². The molecule has 1 unspecified atom stereocenters. The number of hydrogen-bond donors (Lipinski definition) is 1. The summed E-state index contributed by atoms with van der Waals surface area (Å²) in [4.78, 5) is 10.6. The molecule has 0 aromatic heterocycles. The lowest BCUT2D eigenvalue weighted by Crippen LogP contribution is -2.15. The Hall–Kier alpha value is -1.58. The van der Waals surface area contributed by atoms with Gasteiger partial charge in [-0.15, -0.1) is 0 Å². The number of rotatable bonds is 5. The van der Waals surface area contributed by atoms with E-state index in [9.17, 15) is 9.18 Å². The highest BCUT2D eigenvalue weighted by Gasteiger charge is 2.12. The molecule has 0 amide bonds. The van der Waals surface area contributed by atoms with Crippen molar-refractivity contribution in [1.82, 2.24) is 0 Å². The van der Waals surface area contributed by atoms with E-state index in [1.54, 1.807) is 0 Å². The number of carboxylic acids is 1. The first-order chi connectivity index (χ1) is 7.90. The SMILES string of the molecule is CC(C)CC(C)Oc1ccc(C(=O)O)cc1F. The largest absolute Gasteiger partial charge is 0.488 e. The fraction of sp³-hybridized carbons (Fsp3) is 0.462. The smallest absolute Gasteiger partial charge is 0.335 e. The maximum Gasteiger partial charge on any atom is 0.335 e. The van der Waals surface area contributed by atoms with Crippen molar-refractivity contribution in [3.05, 3.63) is 29.6 Å². The highest BCUT2D eigenvalue weighted by atomic mass is 19.1. The normalized spacial score (nSPS) is 12.5. The number of benzene rings is 1. The molecule has 0 aliphatic carbocycles. The zero-order valence-electron chi connectivity index (χ0n) is 10.2. The number of halogens is 1. The van der Waals surface area contributed by atoms with Crippen molar-refractivity contribution in [2.75, 3.05) is 0 Å². The number of hydrogen-bond acceptors (Lipinski definition) is 2. The lowest BCUT2D eigenvalue weighted by atomic mass is 10.1. The Morgan fingerprint density at radius 3 is 2.53 bits per heavy atom. The van der Waals surface area contributed by atoms with Crippen molar-refractivity contribution in [3.63, 3.8) is 0 Å². The highest BCUT2D eigenvalue weighted by Crippen LogP contribution is 2.21. The van der Waals surface area contributed by atoms with E-state index in [0.29, 0.717) is 5.92 Å². The van der Waals surface area contributed by atoms with Gasteiger partial charge in [-0.1, -0.05) is 13.8 Å². The molecular weight excluding hydrogens is 223 g/mol. The predicted octanol–water partition coefficient (Wildman–Crippen LogP) is 3.34. The van der Waals surface area contributed by atoms with Crippen LogP contribution >= 0.6 is 0 Å². The first kappa shape index (κ1) is 13.5. The van der Waals surface area contributed by atoms with Gasteiger partial charge in [0, 0.05) is 0 Å². The van der Waals surface area contributed by atoms with Gasteiger partial charge in [0.25, 0.3) is 0 Å². The van der Waals surface area contributed by atoms with Gasteiger partial charge in [0.2, 0.25) is 0 Å². The van der Waals surface area contributed by atoms with Crippen LogP contribution in [0.4, 0.5) is 4.39 Å². The third-order valence-electron chi connectivity index (χ3n) is 2.31. The second-order valence-corrected chi connectivity index (χ2v) is 4.51. The number of ether oxygens (including phenoxy) is 1. The molecule has 17 heavy (non-hydrogen) atoms. The summed E-state index contributed by atoms with van der Waals surface area (Å²) in [5.41, 5.74) is -0.0774. The zero-order valence-corrected chi connectivity index (χ0v) is 10.2. The quantitative estimate of drug-likeness (QED) is 0.858. The van der Waals surface area contributed by atoms with Crippen LogP contribution in [0.25, 0.3) is 0 Å². The monoisotopic (exact) mass is 240 g/mol. The van der Waals surface area contributed by atoms with Gasteiger partial charge in [-0.3, -0.25) is 0 Å². The van der Waals surface area contributed by atoms with Gasteiger partial charge in [-0.05, 0) is 37.5 Å². The summed E-state index contributed by atoms with van der Waals surface area (Å²) >= 11 is 0. The minimum Gasteiger partial charge on any atom is -0.488 e. The second kappa shape index (κ2) is 5.66. The Kier molecular flexibility index (Phi) is 4.49. The first-order valence-electron chi connectivity index (χ1n) is 5.59. The topological polar surface area (TPSA) is 46.5 Å². The van der Waals surface area contributed by atoms with Crippen LogP contribution in [-0.2, 0) is 0 Å². The number of aromatic carboxylic acids is 1. The van der Waals surface area contributed by atoms with E-state index in [2.05, 4.69) is 13.8 Å². The van der Waals surface area contributed by atoms with Gasteiger partial charge < -0.3 is 9.84 Å². The van der Waals surface area contributed by atoms with E-state index >= 15 is 0 Å². The predicted molar refractivity (Wildman–Crippen MR) is 62.9 cm³/mol. The molecule has 1 atom stereocenters. The third-order valence-corrected chi connectivity index (χ3v) is 2.31. The maximum absolute atomic E-state index is 13.5. The van der Waals surface area contributed by atoms with Crippen LogP contribution in [0.2, 0.25) is 0 Å². The van der Waals surface area contributed by atoms with Gasteiger partial charge in [-0.2, -0.15) is 0 Å². The van der Waals surface area contributed by atoms with Crippen molar-refractivity contribution in [1.29, 1.82) is 0 Å². The molecule has 0 radical (unpaired) electrons. The van der Waals surface area contributed by atoms with Crippen LogP contribution in [0.5, 0.6) is 5.75 Å². The van der Waals surface area contributed by atoms with Gasteiger partial charge in [-0.25, -0.2) is 9.18 Å². The van der Waals surface area contributed by atoms with Crippen molar-refractivity contribution in [2.24, 2.45) is 5.92 Å². The summed E-state index contributed by atoms with van der Waals surface area (Å²) < 4.78 is 18.9. The molecule has 1 aromatic rings. The zero-order chi connectivity index (χ0) is 13.0. The summed E-state index contributed by atoms with van der Waals surface area (Å²) in [5.74, 6) is -1.22. The van der Waals surface area contributed by atoms with E-state index in [0.717, 1.165) is 12.5 Å². The van der Waals surface area contributed by atoms with E-state index in [4.69, 9.17) is 9.84 Å². The Bertz CT molecular complexity index is 402. The molecule has 1 N–H and O–H groups in total. The van der Waals surface area contributed by atoms with Crippen LogP contribution in [0.15, 0.2) is 18.2 Å². The fourth-order valence-electron chi connectivity index (χ4n) is 1.66. The molecule has 1 aromatic carbocycles. The molecule has 0 bridgehead atoms. The molecule has 1 rings (SSSR count). The summed E-state index contributed by atoms with van der Waals surface area (Å²) in [7, 11) is 0. The Morgan fingerprint density at radius 1 is 1.41 bits per heavy atom. The molecule has 0 saturated carbocycles. The standard InChI is InChI=1S/C13H17FO3/c1-8(2)6-9(3)17-12-5-4-10(13(15)16)7-11(12)14/h4-5,7-9H,6H2,1-3H3,(H,15,16). The van der Waals surface area contributed by atoms with Gasteiger partial charge in [0.1, 0.15) is 0 Å². The molecule has 3 nitrogen and oxygen atoms in total. The molecular formula is C13H17FO3. The minimum absolute atomic E-state index is 0.0774. The Morgan fingerprint density at radius 2 is 2.06 bits per heavy atom. The maximum atomic E-state index is 13.5. The van der Waals surface area contributed by atoms with E-state index in [-0.39, 0.29) is 17.4 Å². The van der Waals surface area contributed by atoms with Gasteiger partial charge >= 0.3 is 5.97 Å². The van der Waals surface area contributed by atoms with Crippen LogP contribution < -0.4 is 4.74 Å². The number of carboxylic acid groups (broad SMARTS) is 1. The van der Waals surface area contributed by atoms with Crippen molar-refractivity contribution >= 4 is 5.97 Å². The summed E-state index contributed by atoms with van der Waals surface area (Å²) in [6.07, 6.45) is 0.723. The van der Waals surface area contributed by atoms with Crippen LogP contribution in [-0.4, -0.2) is 17.2 Å². The lowest BCUT2D eigenvalue weighted by Gasteiger charge is -2.17. The summed E-state index contributed by atoms with van der Waals surface area (Å²) in [6.45, 7) is 5.98. The molecule has 4 heteroatoms. The minimum atomic E-state index is -1.15. The second-order valence-electron chi connectivity index (χ2n) is 4.51. The first-order valence-corrected chi connectivity index (χ1v) is 5.59. The Balaban J connectivity index is 2.75. The molecule has 0 fully saturated rings. The molecule has 0 aliphatic heterocycles. The summed E-state index contributed by atoms with van der Waals surface area (Å²) in [6, 6.07) is 3.66. The van der Waals surface area contributed by atoms with Gasteiger partial charge in [0.05, 0.1) is 11.7 Å². The highest BCUT2D eigenvalue weighted by molar-refractivity contribution is 5.87. The van der Waals surface area contributed by atoms with Crippen LogP contribution in [0, 0.1) is 11.7 Å². The molecule has 94 valence electrons. The molecule has 0 heterocycles. The third kappa shape index (κ3) is 4.06. The van der Waals surface area contributed by atoms with Crippen molar-refractivity contribution in [2.45, 2.75) is 33.3 Å². The van der Waals surface area contributed by atoms with E-state index in [1.165, 1.54) is 12.1 Å². The Labute approximate surface area is 100 Å². The summed E-state index contributed by atoms with van der Waals surface area (Å²) in [5, 5.41) is 8.69. The average Bonchev–Trinajstić information content (AvgIpc) is 2.19. The molecule has 0 saturated heterocycles. The molecule has 0 aliphatic rings. The van der Waals surface area contributed by atoms with E-state index < -0.39 is 11.8 Å². The number of carbonyl (C=O) groups is 1. The lowest BCUT2D eigenvalue weighted by molar-refractivity contribution is 0.0696. The van der Waals surface area contributed by atoms with Crippen LogP contribution in [0.3, 0.4) is 0 Å². The van der Waals surface area contributed by atoms with Gasteiger partial charge in [0.15, 0.2) is 11.6 Å². The molecule has 0 spiro atoms. The van der Waals surface area contributed by atoms with Crippen molar-refractivity contribution < 1.29 is 19.0 Å². The average molecular weight is 240 g/mol. The van der Waals surface area contributed by atoms with Crippen molar-refractivity contribution in [3.8, 4) is 5.75 Å².